The van der Waals surface area contributed by atoms with E-state index in [2.05, 4.69) is 0 Å². The first kappa shape index (κ1) is 49.6. The second-order valence-electron chi connectivity index (χ2n) is 18.4. The van der Waals surface area contributed by atoms with Crippen LogP contribution in [0.15, 0.2) is 199 Å². The summed E-state index contributed by atoms with van der Waals surface area (Å²) in [5.74, 6) is 0.708. The van der Waals surface area contributed by atoms with Gasteiger partial charge >= 0.3 is 24.7 Å². The van der Waals surface area contributed by atoms with Gasteiger partial charge in [0.25, 0.3) is 0 Å². The Morgan fingerprint density at radius 1 is 0.321 bits per heavy atom. The van der Waals surface area contributed by atoms with E-state index in [4.69, 9.17) is 19.4 Å². The molecule has 3 heterocycles. The molecule has 78 heavy (non-hydrogen) atoms. The van der Waals surface area contributed by atoms with Gasteiger partial charge in [0.15, 0.2) is 17.5 Å². The van der Waals surface area contributed by atoms with Gasteiger partial charge in [-0.1, -0.05) is 121 Å². The van der Waals surface area contributed by atoms with Crippen molar-refractivity contribution in [2.45, 2.75) is 24.7 Å². The highest BCUT2D eigenvalue weighted by atomic mass is 19.4. The van der Waals surface area contributed by atoms with E-state index in [1.54, 1.807) is 10.6 Å². The summed E-state index contributed by atoms with van der Waals surface area (Å²) < 4.78 is 180. The summed E-state index contributed by atoms with van der Waals surface area (Å²) in [6.07, 6.45) is -20.8. The minimum absolute atomic E-state index is 0.00693. The third kappa shape index (κ3) is 8.83. The Hall–Kier alpha value is -9.25. The van der Waals surface area contributed by atoms with Crippen LogP contribution in [0.2, 0.25) is 0 Å². The maximum absolute atomic E-state index is 14.8. The fraction of sp³-hybridized carbons (Fsp3) is 0.0656. The molecule has 12 aromatic rings. The third-order valence-corrected chi connectivity index (χ3v) is 13.6. The number of fused-ring (bicyclic) bond motifs is 6. The molecule has 0 amide bonds. The fourth-order valence-electron chi connectivity index (χ4n) is 10.1. The molecule has 0 aliphatic carbocycles. The van der Waals surface area contributed by atoms with Crippen molar-refractivity contribution >= 4 is 43.7 Å². The molecule has 12 rings (SSSR count). The van der Waals surface area contributed by atoms with E-state index >= 15 is 0 Å². The first-order chi connectivity index (χ1) is 37.2. The van der Waals surface area contributed by atoms with Crippen molar-refractivity contribution in [3.05, 3.63) is 216 Å². The highest BCUT2D eigenvalue weighted by Crippen LogP contribution is 2.47. The lowest BCUT2D eigenvalue weighted by molar-refractivity contribution is -0.144. The molecule has 0 spiro atoms. The van der Waals surface area contributed by atoms with Crippen molar-refractivity contribution in [3.63, 3.8) is 0 Å². The summed E-state index contributed by atoms with van der Waals surface area (Å²) in [5.41, 5.74) is -2.84. The van der Waals surface area contributed by atoms with Crippen molar-refractivity contribution < 1.29 is 57.1 Å². The van der Waals surface area contributed by atoms with Crippen LogP contribution in [0.25, 0.3) is 117 Å². The van der Waals surface area contributed by atoms with Gasteiger partial charge in [-0.25, -0.2) is 15.0 Å². The van der Waals surface area contributed by atoms with Crippen molar-refractivity contribution in [2.24, 2.45) is 0 Å². The van der Waals surface area contributed by atoms with Crippen LogP contribution in [0, 0.1) is 0 Å². The van der Waals surface area contributed by atoms with E-state index in [1.165, 1.54) is 36.4 Å². The number of furan rings is 1. The van der Waals surface area contributed by atoms with Gasteiger partial charge in [-0.05, 0) is 106 Å². The Labute approximate surface area is 433 Å². The number of benzene rings is 9. The number of nitrogens with zero attached hydrogens (tertiary/aromatic N) is 4. The number of halogens is 12. The zero-order valence-corrected chi connectivity index (χ0v) is 39.7. The third-order valence-electron chi connectivity index (χ3n) is 13.6. The normalized spacial score (nSPS) is 12.6. The average Bonchev–Trinajstić information content (AvgIpc) is 4.15. The van der Waals surface area contributed by atoms with Crippen molar-refractivity contribution in [1.82, 2.24) is 19.5 Å². The molecule has 0 saturated carbocycles. The molecule has 0 atom stereocenters. The Kier molecular flexibility index (Phi) is 11.6. The highest BCUT2D eigenvalue weighted by Gasteiger charge is 2.40. The molecular weight excluding hydrogens is 1030 g/mol. The van der Waals surface area contributed by atoms with E-state index in [-0.39, 0.29) is 62.5 Å². The summed E-state index contributed by atoms with van der Waals surface area (Å²) in [6.45, 7) is 0. The summed E-state index contributed by atoms with van der Waals surface area (Å²) in [5, 5.41) is 1.85. The number of alkyl halides is 12. The van der Waals surface area contributed by atoms with Crippen LogP contribution in [0.4, 0.5) is 52.7 Å². The predicted octanol–water partition coefficient (Wildman–Crippen LogP) is 18.9. The van der Waals surface area contributed by atoms with Crippen LogP contribution in [0.3, 0.4) is 0 Å². The maximum atomic E-state index is 14.8. The predicted molar refractivity (Wildman–Crippen MR) is 274 cm³/mol. The second kappa shape index (κ2) is 18.2. The molecule has 0 N–H and O–H groups in total. The molecule has 0 radical (unpaired) electrons. The average molecular weight is 1060 g/mol. The van der Waals surface area contributed by atoms with Gasteiger partial charge in [-0.3, -0.25) is 0 Å². The van der Waals surface area contributed by atoms with E-state index in [0.29, 0.717) is 63.4 Å². The summed E-state index contributed by atoms with van der Waals surface area (Å²) >= 11 is 0. The van der Waals surface area contributed by atoms with E-state index < -0.39 is 58.1 Å². The van der Waals surface area contributed by atoms with Gasteiger partial charge in [-0.15, -0.1) is 0 Å². The quantitative estimate of drug-likeness (QED) is 0.149. The molecular formula is C61H32F12N4O. The number of hydrogen-bond acceptors (Lipinski definition) is 4. The molecule has 0 aliphatic rings. The van der Waals surface area contributed by atoms with Gasteiger partial charge in [0.1, 0.15) is 11.2 Å². The largest absolute Gasteiger partial charge is 0.456 e. The fourth-order valence-corrected chi connectivity index (χ4v) is 10.1. The summed E-state index contributed by atoms with van der Waals surface area (Å²) in [6, 6.07) is 47.2. The van der Waals surface area contributed by atoms with Crippen LogP contribution >= 0.6 is 0 Å². The lowest BCUT2D eigenvalue weighted by Crippen LogP contribution is -2.12. The molecule has 3 aromatic heterocycles. The van der Waals surface area contributed by atoms with Gasteiger partial charge in [0, 0.05) is 38.2 Å². The lowest BCUT2D eigenvalue weighted by atomic mass is 9.94. The molecule has 9 aromatic carbocycles. The van der Waals surface area contributed by atoms with Crippen molar-refractivity contribution in [2.75, 3.05) is 0 Å². The molecule has 0 fully saturated rings. The zero-order chi connectivity index (χ0) is 54.5. The van der Waals surface area contributed by atoms with Gasteiger partial charge in [0.2, 0.25) is 0 Å². The van der Waals surface area contributed by atoms with Crippen LogP contribution in [-0.4, -0.2) is 19.5 Å². The standard InChI is InChI=1S/C61H32F12N4O/c62-58(63,64)38-21-23-40(47(31-38)60(68,69)70)35-18-25-49-44(28-35)45-29-36(41-24-22-39(59(65,66)67)32-48(41)61(71,72)73)19-26-50(45)77(49)51-27-20-37(42-15-9-17-53-54(42)43-14-7-8-16-52(43)78-53)30-46(51)57-75-55(33-10-3-1-4-11-33)74-56(76-57)34-12-5-2-6-13-34/h1-32H. The van der Waals surface area contributed by atoms with Crippen molar-refractivity contribution in [3.8, 4) is 73.2 Å². The SMILES string of the molecule is FC(F)(F)c1ccc(-c2ccc3c(c2)c2cc(-c4ccc(C(F)(F)F)cc4C(F)(F)F)ccc2n3-c2ccc(-c3cccc4oc5ccccc5c34)cc2-c2nc(-c3ccccc3)nc(-c3ccccc3)n2)c(C(F)(F)F)c1. The van der Waals surface area contributed by atoms with Crippen LogP contribution < -0.4 is 0 Å². The molecule has 0 aliphatic heterocycles. The molecule has 386 valence electrons. The monoisotopic (exact) mass is 1060 g/mol. The van der Waals surface area contributed by atoms with Crippen molar-refractivity contribution in [1.29, 1.82) is 0 Å². The maximum Gasteiger partial charge on any atom is 0.417 e. The zero-order valence-electron chi connectivity index (χ0n) is 39.7. The Bertz CT molecular complexity index is 4140. The minimum atomic E-state index is -5.28. The first-order valence-electron chi connectivity index (χ1n) is 23.8. The number of rotatable bonds is 7. The van der Waals surface area contributed by atoms with Crippen LogP contribution in [0.5, 0.6) is 0 Å². The van der Waals surface area contributed by atoms with E-state index in [9.17, 15) is 52.7 Å². The van der Waals surface area contributed by atoms with Crippen LogP contribution in [-0.2, 0) is 24.7 Å². The Morgan fingerprint density at radius 3 is 1.29 bits per heavy atom. The van der Waals surface area contributed by atoms with E-state index in [1.807, 2.05) is 115 Å². The summed E-state index contributed by atoms with van der Waals surface area (Å²) in [7, 11) is 0. The molecule has 0 bridgehead atoms. The lowest BCUT2D eigenvalue weighted by Gasteiger charge is -2.18. The molecule has 0 unspecified atom stereocenters. The van der Waals surface area contributed by atoms with E-state index in [0.717, 1.165) is 16.3 Å². The highest BCUT2D eigenvalue weighted by molar-refractivity contribution is 6.14. The first-order valence-corrected chi connectivity index (χ1v) is 23.8. The Balaban J connectivity index is 1.17. The van der Waals surface area contributed by atoms with Gasteiger partial charge < -0.3 is 8.98 Å². The molecule has 5 nitrogen and oxygen atoms in total. The van der Waals surface area contributed by atoms with Gasteiger partial charge in [-0.2, -0.15) is 52.7 Å². The summed E-state index contributed by atoms with van der Waals surface area (Å²) in [4.78, 5) is 15.0. The molecule has 17 heteroatoms. The second-order valence-corrected chi connectivity index (χ2v) is 18.4. The smallest absolute Gasteiger partial charge is 0.417 e. The van der Waals surface area contributed by atoms with Crippen LogP contribution in [0.1, 0.15) is 22.3 Å². The molecule has 0 saturated heterocycles. The van der Waals surface area contributed by atoms with Gasteiger partial charge in [0.05, 0.1) is 39.0 Å². The number of para-hydroxylation sites is 1. The number of hydrogen-bond donors (Lipinski definition) is 0. The topological polar surface area (TPSA) is 56.7 Å². The minimum Gasteiger partial charge on any atom is -0.456 e. The Morgan fingerprint density at radius 2 is 0.782 bits per heavy atom. The number of aromatic nitrogens is 4.